The third-order valence-corrected chi connectivity index (χ3v) is 5.49. The minimum Gasteiger partial charge on any atom is -0.353 e. The van der Waals surface area contributed by atoms with Crippen LogP contribution < -0.4 is 5.32 Å². The molecule has 2 aromatic heterocycles. The van der Waals surface area contributed by atoms with Gasteiger partial charge in [-0.25, -0.2) is 18.2 Å². The zero-order valence-corrected chi connectivity index (χ0v) is 16.2. The minimum atomic E-state index is -0.974. The van der Waals surface area contributed by atoms with Gasteiger partial charge in [0, 0.05) is 34.6 Å². The summed E-state index contributed by atoms with van der Waals surface area (Å²) in [5, 5.41) is 3.70. The third-order valence-electron chi connectivity index (χ3n) is 5.49. The molecule has 150 valence electrons. The van der Waals surface area contributed by atoms with Gasteiger partial charge in [0.25, 0.3) is 0 Å². The molecule has 1 aliphatic carbocycles. The van der Waals surface area contributed by atoms with Crippen LogP contribution in [0.3, 0.4) is 0 Å². The maximum Gasteiger partial charge on any atom is 0.184 e. The monoisotopic (exact) mass is 405 g/mol. The largest absolute Gasteiger partial charge is 0.353 e. The SMILES string of the molecule is Cc1nc2c(F)c(F)ccc2cc1Nc1cccc(F)c1-c1cnccc1C1CC1. The summed E-state index contributed by atoms with van der Waals surface area (Å²) in [5.74, 6) is -1.84. The quantitative estimate of drug-likeness (QED) is 0.413. The van der Waals surface area contributed by atoms with E-state index in [1.165, 1.54) is 12.1 Å². The van der Waals surface area contributed by atoms with Gasteiger partial charge < -0.3 is 5.32 Å². The first-order valence-electron chi connectivity index (χ1n) is 9.78. The van der Waals surface area contributed by atoms with E-state index in [0.29, 0.717) is 33.9 Å². The van der Waals surface area contributed by atoms with Gasteiger partial charge in [-0.3, -0.25) is 4.98 Å². The molecule has 6 heteroatoms. The number of hydrogen-bond acceptors (Lipinski definition) is 3. The molecule has 0 atom stereocenters. The molecule has 2 aromatic carbocycles. The summed E-state index contributed by atoms with van der Waals surface area (Å²) >= 11 is 0. The lowest BCUT2D eigenvalue weighted by Gasteiger charge is -2.17. The molecule has 4 aromatic rings. The Hall–Kier alpha value is -3.41. The lowest BCUT2D eigenvalue weighted by Crippen LogP contribution is -2.02. The molecule has 0 aliphatic heterocycles. The topological polar surface area (TPSA) is 37.8 Å². The van der Waals surface area contributed by atoms with Gasteiger partial charge in [-0.2, -0.15) is 0 Å². The standard InChI is InChI=1S/C24H18F3N3/c1-13-21(11-15-7-8-19(26)23(27)24(15)29-13)30-20-4-2-3-18(25)22(20)17-12-28-10-9-16(17)14-5-6-14/h2-4,7-12,14,30H,5-6H2,1H3. The van der Waals surface area contributed by atoms with Crippen molar-refractivity contribution in [3.8, 4) is 11.1 Å². The molecule has 5 rings (SSSR count). The molecule has 0 radical (unpaired) electrons. The Bertz CT molecular complexity index is 1280. The zero-order valence-electron chi connectivity index (χ0n) is 16.2. The highest BCUT2D eigenvalue weighted by Gasteiger charge is 2.28. The van der Waals surface area contributed by atoms with Crippen molar-refractivity contribution < 1.29 is 13.2 Å². The summed E-state index contributed by atoms with van der Waals surface area (Å²) in [6.45, 7) is 1.70. The smallest absolute Gasteiger partial charge is 0.184 e. The molecule has 0 saturated heterocycles. The van der Waals surface area contributed by atoms with Crippen LogP contribution in [0.4, 0.5) is 24.5 Å². The first-order valence-corrected chi connectivity index (χ1v) is 9.78. The highest BCUT2D eigenvalue weighted by Crippen LogP contribution is 2.46. The second-order valence-electron chi connectivity index (χ2n) is 7.58. The second kappa shape index (κ2) is 7.13. The number of halogens is 3. The Morgan fingerprint density at radius 2 is 1.80 bits per heavy atom. The van der Waals surface area contributed by atoms with Crippen molar-refractivity contribution in [1.29, 1.82) is 0 Å². The molecule has 0 bridgehead atoms. The number of hydrogen-bond donors (Lipinski definition) is 1. The maximum absolute atomic E-state index is 15.0. The number of nitrogens with one attached hydrogen (secondary N) is 1. The summed E-state index contributed by atoms with van der Waals surface area (Å²) in [6.07, 6.45) is 5.60. The molecule has 0 spiro atoms. The molecule has 1 fully saturated rings. The van der Waals surface area contributed by atoms with E-state index in [2.05, 4.69) is 15.3 Å². The normalized spacial score (nSPS) is 13.6. The number of anilines is 2. The molecule has 3 nitrogen and oxygen atoms in total. The van der Waals surface area contributed by atoms with Crippen molar-refractivity contribution in [2.75, 3.05) is 5.32 Å². The zero-order chi connectivity index (χ0) is 20.8. The number of aryl methyl sites for hydroxylation is 1. The van der Waals surface area contributed by atoms with Crippen LogP contribution >= 0.6 is 0 Å². The van der Waals surface area contributed by atoms with Gasteiger partial charge in [0.05, 0.1) is 11.4 Å². The van der Waals surface area contributed by atoms with Crippen LogP contribution in [0, 0.1) is 24.4 Å². The van der Waals surface area contributed by atoms with E-state index >= 15 is 0 Å². The fourth-order valence-corrected chi connectivity index (χ4v) is 3.81. The van der Waals surface area contributed by atoms with E-state index < -0.39 is 11.6 Å². The van der Waals surface area contributed by atoms with Crippen molar-refractivity contribution in [3.05, 3.63) is 83.6 Å². The van der Waals surface area contributed by atoms with Crippen LogP contribution in [0.2, 0.25) is 0 Å². The molecule has 1 N–H and O–H groups in total. The summed E-state index contributed by atoms with van der Waals surface area (Å²) in [7, 11) is 0. The Kier molecular flexibility index (Phi) is 4.42. The Labute approximate surface area is 171 Å². The number of rotatable bonds is 4. The lowest BCUT2D eigenvalue weighted by molar-refractivity contribution is 0.515. The first-order chi connectivity index (χ1) is 14.5. The fraction of sp³-hybridized carbons (Fsp3) is 0.167. The number of aromatic nitrogens is 2. The van der Waals surface area contributed by atoms with E-state index in [4.69, 9.17) is 0 Å². The van der Waals surface area contributed by atoms with E-state index in [1.54, 1.807) is 37.5 Å². The van der Waals surface area contributed by atoms with Crippen LogP contribution in [0.25, 0.3) is 22.0 Å². The van der Waals surface area contributed by atoms with Gasteiger partial charge in [-0.15, -0.1) is 0 Å². The summed E-state index contributed by atoms with van der Waals surface area (Å²) in [5.41, 5.74) is 3.91. The predicted octanol–water partition coefficient (Wildman–Crippen LogP) is 6.64. The molecule has 0 unspecified atom stereocenters. The van der Waals surface area contributed by atoms with Crippen LogP contribution in [-0.2, 0) is 0 Å². The van der Waals surface area contributed by atoms with E-state index in [1.807, 2.05) is 6.07 Å². The van der Waals surface area contributed by atoms with Gasteiger partial charge in [-0.05, 0) is 67.6 Å². The van der Waals surface area contributed by atoms with Crippen molar-refractivity contribution in [2.45, 2.75) is 25.7 Å². The Morgan fingerprint density at radius 3 is 2.60 bits per heavy atom. The molecule has 2 heterocycles. The van der Waals surface area contributed by atoms with Gasteiger partial charge in [0.2, 0.25) is 0 Å². The highest BCUT2D eigenvalue weighted by atomic mass is 19.2. The third kappa shape index (κ3) is 3.18. The molecular weight excluding hydrogens is 387 g/mol. The molecule has 1 aliphatic rings. The van der Waals surface area contributed by atoms with E-state index in [9.17, 15) is 13.2 Å². The second-order valence-corrected chi connectivity index (χ2v) is 7.58. The molecule has 30 heavy (non-hydrogen) atoms. The number of pyridine rings is 2. The van der Waals surface area contributed by atoms with Gasteiger partial charge in [-0.1, -0.05) is 6.07 Å². The maximum atomic E-state index is 15.0. The van der Waals surface area contributed by atoms with Crippen molar-refractivity contribution in [3.63, 3.8) is 0 Å². The van der Waals surface area contributed by atoms with Crippen LogP contribution in [0.1, 0.15) is 30.0 Å². The highest BCUT2D eigenvalue weighted by molar-refractivity contribution is 5.88. The van der Waals surface area contributed by atoms with Crippen molar-refractivity contribution in [1.82, 2.24) is 9.97 Å². The molecular formula is C24H18F3N3. The average molecular weight is 405 g/mol. The van der Waals surface area contributed by atoms with Crippen molar-refractivity contribution >= 4 is 22.3 Å². The van der Waals surface area contributed by atoms with E-state index in [0.717, 1.165) is 30.0 Å². The summed E-state index contributed by atoms with van der Waals surface area (Å²) in [6, 6.07) is 11.0. The van der Waals surface area contributed by atoms with Crippen LogP contribution in [-0.4, -0.2) is 9.97 Å². The number of nitrogens with zero attached hydrogens (tertiary/aromatic N) is 2. The summed E-state index contributed by atoms with van der Waals surface area (Å²) < 4.78 is 42.6. The Morgan fingerprint density at radius 1 is 0.967 bits per heavy atom. The van der Waals surface area contributed by atoms with Gasteiger partial charge in [0.15, 0.2) is 11.6 Å². The van der Waals surface area contributed by atoms with Gasteiger partial charge in [0.1, 0.15) is 11.3 Å². The van der Waals surface area contributed by atoms with Crippen LogP contribution in [0.5, 0.6) is 0 Å². The lowest BCUT2D eigenvalue weighted by atomic mass is 9.97. The average Bonchev–Trinajstić information content (AvgIpc) is 3.58. The first kappa shape index (κ1) is 18.6. The summed E-state index contributed by atoms with van der Waals surface area (Å²) in [4.78, 5) is 8.44. The molecule has 1 saturated carbocycles. The van der Waals surface area contributed by atoms with Crippen LogP contribution in [0.15, 0.2) is 54.9 Å². The van der Waals surface area contributed by atoms with Crippen molar-refractivity contribution in [2.24, 2.45) is 0 Å². The predicted molar refractivity (Wildman–Crippen MR) is 111 cm³/mol. The minimum absolute atomic E-state index is 0.0270. The number of benzene rings is 2. The number of fused-ring (bicyclic) bond motifs is 1. The molecule has 0 amide bonds. The fourth-order valence-electron chi connectivity index (χ4n) is 3.81. The Balaban J connectivity index is 1.63. The van der Waals surface area contributed by atoms with E-state index in [-0.39, 0.29) is 11.3 Å². The van der Waals surface area contributed by atoms with Gasteiger partial charge >= 0.3 is 0 Å².